The van der Waals surface area contributed by atoms with Gasteiger partial charge in [0, 0.05) is 46.5 Å². The number of nitrogens with zero attached hydrogens (tertiary/aromatic N) is 2. The highest BCUT2D eigenvalue weighted by Gasteiger charge is 2.22. The number of rotatable bonds is 11. The molecule has 0 aliphatic carbocycles. The molecule has 7 nitrogen and oxygen atoms in total. The van der Waals surface area contributed by atoms with Crippen molar-refractivity contribution in [3.63, 3.8) is 0 Å². The predicted molar refractivity (Wildman–Crippen MR) is 161 cm³/mol. The molecule has 2 aromatic heterocycles. The third kappa shape index (κ3) is 7.22. The van der Waals surface area contributed by atoms with Crippen molar-refractivity contribution in [1.29, 1.82) is 0 Å². The predicted octanol–water partition coefficient (Wildman–Crippen LogP) is 6.80. The topological polar surface area (TPSA) is 82.5 Å². The summed E-state index contributed by atoms with van der Waals surface area (Å²) in [6.45, 7) is 11.6. The van der Waals surface area contributed by atoms with Crippen LogP contribution in [-0.4, -0.2) is 31.1 Å². The zero-order valence-corrected chi connectivity index (χ0v) is 25.6. The number of carbonyl (C=O) groups is 1. The van der Waals surface area contributed by atoms with E-state index < -0.39 is 33.3 Å². The Labute approximate surface area is 247 Å². The molecule has 4 aromatic rings. The first kappa shape index (κ1) is 31.3. The molecule has 0 amide bonds. The van der Waals surface area contributed by atoms with Gasteiger partial charge in [0.05, 0.1) is 41.0 Å². The second kappa shape index (κ2) is 13.1. The molecule has 1 atom stereocenters. The molecule has 10 heteroatoms. The molecule has 42 heavy (non-hydrogen) atoms. The van der Waals surface area contributed by atoms with Crippen molar-refractivity contribution in [2.24, 2.45) is 0 Å². The van der Waals surface area contributed by atoms with Gasteiger partial charge in [-0.15, -0.1) is 0 Å². The molecule has 0 bridgehead atoms. The lowest BCUT2D eigenvalue weighted by Crippen LogP contribution is -2.33. The first-order valence-corrected chi connectivity index (χ1v) is 15.0. The van der Waals surface area contributed by atoms with Crippen molar-refractivity contribution < 1.29 is 27.3 Å². The van der Waals surface area contributed by atoms with Gasteiger partial charge in [0.25, 0.3) is 0 Å². The van der Waals surface area contributed by atoms with Crippen LogP contribution in [0, 0.1) is 11.6 Å². The van der Waals surface area contributed by atoms with Gasteiger partial charge in [0.1, 0.15) is 18.2 Å². The van der Waals surface area contributed by atoms with Gasteiger partial charge in [-0.25, -0.2) is 17.7 Å². The van der Waals surface area contributed by atoms with Gasteiger partial charge >= 0.3 is 5.97 Å². The van der Waals surface area contributed by atoms with E-state index in [0.29, 0.717) is 16.7 Å². The van der Waals surface area contributed by atoms with Crippen molar-refractivity contribution in [1.82, 2.24) is 14.3 Å². The largest absolute Gasteiger partial charge is 0.488 e. The molecule has 2 aromatic carbocycles. The highest BCUT2D eigenvalue weighted by Crippen LogP contribution is 2.35. The smallest absolute Gasteiger partial charge is 0.310 e. The zero-order chi connectivity index (χ0) is 30.6. The van der Waals surface area contributed by atoms with E-state index in [9.17, 15) is 13.4 Å². The summed E-state index contributed by atoms with van der Waals surface area (Å²) in [4.78, 5) is 16.3. The number of nitrogens with one attached hydrogen (secondary N) is 1. The lowest BCUT2D eigenvalue weighted by molar-refractivity contribution is -0.142. The maximum Gasteiger partial charge on any atom is 0.310 e. The second-order valence-corrected chi connectivity index (χ2v) is 13.3. The molecule has 2 heterocycles. The number of halogens is 2. The molecule has 0 saturated heterocycles. The normalized spacial score (nSPS) is 12.6. The van der Waals surface area contributed by atoms with Gasteiger partial charge in [0.2, 0.25) is 0 Å². The summed E-state index contributed by atoms with van der Waals surface area (Å²) in [5.74, 6) is -1.19. The van der Waals surface area contributed by atoms with E-state index in [1.807, 2.05) is 45.2 Å². The average molecular weight is 598 g/mol. The van der Waals surface area contributed by atoms with Crippen LogP contribution in [0.25, 0.3) is 22.0 Å². The van der Waals surface area contributed by atoms with Crippen molar-refractivity contribution in [3.05, 3.63) is 83.3 Å². The minimum Gasteiger partial charge on any atom is -0.488 e. The summed E-state index contributed by atoms with van der Waals surface area (Å²) >= 11 is 0. The maximum atomic E-state index is 15.9. The van der Waals surface area contributed by atoms with Crippen LogP contribution in [0.1, 0.15) is 64.4 Å². The standard InChI is InChI=1S/C32H37F2N3O4S/c1-7-40-30(38)16-22-8-9-23(33)17-29(22)41-19-21-14-26(24-11-13-37(20(2)3)28(24)15-21)25-10-12-35-27(31(25)34)18-36-42(39)32(4,5)6/h8-15,17,20,36H,7,16,18-19H2,1-6H3/t42-/m0/s1. The van der Waals surface area contributed by atoms with Gasteiger partial charge in [-0.3, -0.25) is 9.78 Å². The number of hydrogen-bond donors (Lipinski definition) is 1. The Morgan fingerprint density at radius 3 is 2.55 bits per heavy atom. The van der Waals surface area contributed by atoms with Crippen LogP contribution in [0.3, 0.4) is 0 Å². The highest BCUT2D eigenvalue weighted by atomic mass is 32.2. The lowest BCUT2D eigenvalue weighted by atomic mass is 9.98. The minimum atomic E-state index is -1.39. The first-order chi connectivity index (χ1) is 19.9. The van der Waals surface area contributed by atoms with E-state index in [-0.39, 0.29) is 43.7 Å². The Kier molecular flexibility index (Phi) is 9.78. The van der Waals surface area contributed by atoms with E-state index in [0.717, 1.165) is 16.5 Å². The number of pyridine rings is 1. The van der Waals surface area contributed by atoms with E-state index in [1.165, 1.54) is 24.4 Å². The third-order valence-corrected chi connectivity index (χ3v) is 8.22. The molecule has 0 unspecified atom stereocenters. The molecule has 0 aliphatic heterocycles. The Morgan fingerprint density at radius 1 is 1.10 bits per heavy atom. The summed E-state index contributed by atoms with van der Waals surface area (Å²) < 4.78 is 58.1. The van der Waals surface area contributed by atoms with E-state index in [1.54, 1.807) is 13.0 Å². The van der Waals surface area contributed by atoms with E-state index in [2.05, 4.69) is 28.1 Å². The van der Waals surface area contributed by atoms with Crippen LogP contribution < -0.4 is 9.46 Å². The van der Waals surface area contributed by atoms with Gasteiger partial charge < -0.3 is 14.0 Å². The van der Waals surface area contributed by atoms with Gasteiger partial charge in [0.15, 0.2) is 5.82 Å². The molecule has 4 rings (SSSR count). The molecule has 1 N–H and O–H groups in total. The number of benzene rings is 2. The highest BCUT2D eigenvalue weighted by molar-refractivity contribution is 7.84. The summed E-state index contributed by atoms with van der Waals surface area (Å²) in [7, 11) is -1.39. The number of carbonyl (C=O) groups excluding carboxylic acids is 1. The number of ether oxygens (including phenoxy) is 2. The quantitative estimate of drug-likeness (QED) is 0.192. The Morgan fingerprint density at radius 2 is 1.86 bits per heavy atom. The fraction of sp³-hybridized carbons (Fsp3) is 0.375. The zero-order valence-electron chi connectivity index (χ0n) is 24.8. The van der Waals surface area contributed by atoms with Crippen molar-refractivity contribution >= 4 is 27.9 Å². The van der Waals surface area contributed by atoms with Crippen LogP contribution in [0.5, 0.6) is 5.75 Å². The second-order valence-electron chi connectivity index (χ2n) is 11.2. The number of aromatic nitrogens is 2. The monoisotopic (exact) mass is 597 g/mol. The minimum absolute atomic E-state index is 0.00528. The molecule has 0 saturated carbocycles. The average Bonchev–Trinajstić information content (AvgIpc) is 3.36. The number of fused-ring (bicyclic) bond motifs is 1. The van der Waals surface area contributed by atoms with Crippen LogP contribution in [0.15, 0.2) is 54.9 Å². The summed E-state index contributed by atoms with van der Waals surface area (Å²) in [6.07, 6.45) is 3.45. The maximum absolute atomic E-state index is 15.9. The van der Waals surface area contributed by atoms with Crippen LogP contribution >= 0.6 is 0 Å². The molecule has 0 fully saturated rings. The molecule has 0 radical (unpaired) electrons. The van der Waals surface area contributed by atoms with Crippen molar-refractivity contribution in [3.8, 4) is 16.9 Å². The molecule has 224 valence electrons. The first-order valence-electron chi connectivity index (χ1n) is 13.9. The molecule has 0 aliphatic rings. The number of hydrogen-bond acceptors (Lipinski definition) is 5. The fourth-order valence-corrected chi connectivity index (χ4v) is 5.28. The van der Waals surface area contributed by atoms with Crippen molar-refractivity contribution in [2.75, 3.05) is 6.61 Å². The SMILES string of the molecule is CCOC(=O)Cc1ccc(F)cc1OCc1cc(-c2ccnc(CN[S@@](=O)C(C)(C)C)c2F)c2ccn(C(C)C)c2c1. The van der Waals surface area contributed by atoms with E-state index in [4.69, 9.17) is 9.47 Å². The van der Waals surface area contributed by atoms with Gasteiger partial charge in [-0.1, -0.05) is 6.07 Å². The Bertz CT molecular complexity index is 1610. The van der Waals surface area contributed by atoms with Crippen molar-refractivity contribution in [2.45, 2.75) is 71.9 Å². The number of esters is 1. The molecular formula is C32H37F2N3O4S. The molecular weight excluding hydrogens is 560 g/mol. The fourth-order valence-electron chi connectivity index (χ4n) is 4.58. The lowest BCUT2D eigenvalue weighted by Gasteiger charge is -2.18. The summed E-state index contributed by atoms with van der Waals surface area (Å²) in [5, 5.41) is 0.850. The Balaban J connectivity index is 1.72. The van der Waals surface area contributed by atoms with Crippen LogP contribution in [0.4, 0.5) is 8.78 Å². The van der Waals surface area contributed by atoms with E-state index >= 15 is 4.39 Å². The Hall–Kier alpha value is -3.63. The van der Waals surface area contributed by atoms with Gasteiger partial charge in [-0.2, -0.15) is 0 Å². The molecule has 0 spiro atoms. The summed E-state index contributed by atoms with van der Waals surface area (Å²) in [5.41, 5.74) is 3.28. The van der Waals surface area contributed by atoms with Crippen LogP contribution in [0.2, 0.25) is 0 Å². The third-order valence-electron chi connectivity index (χ3n) is 6.70. The van der Waals surface area contributed by atoms with Gasteiger partial charge in [-0.05, 0) is 83.0 Å². The summed E-state index contributed by atoms with van der Waals surface area (Å²) in [6, 6.07) is 11.6. The van der Waals surface area contributed by atoms with Crippen LogP contribution in [-0.2, 0) is 40.1 Å².